The molecule has 4 rings (SSSR count). The molecule has 0 amide bonds. The summed E-state index contributed by atoms with van der Waals surface area (Å²) in [5.41, 5.74) is 0.266. The van der Waals surface area contributed by atoms with Crippen LogP contribution in [0.25, 0.3) is 0 Å². The summed E-state index contributed by atoms with van der Waals surface area (Å²) in [7, 11) is 0. The second-order valence-corrected chi connectivity index (χ2v) is 8.48. The Hall–Kier alpha value is -0.920. The molecular formula is C19H26O2. The normalized spacial score (nSPS) is 52.3. The first-order chi connectivity index (χ1) is 9.96. The molecule has 0 aliphatic heterocycles. The molecule has 0 aromatic carbocycles. The molecule has 3 saturated carbocycles. The lowest BCUT2D eigenvalue weighted by molar-refractivity contribution is -0.149. The molecule has 21 heavy (non-hydrogen) atoms. The third-order valence-corrected chi connectivity index (χ3v) is 7.54. The van der Waals surface area contributed by atoms with E-state index in [1.807, 2.05) is 6.08 Å². The average molecular weight is 286 g/mol. The van der Waals surface area contributed by atoms with Crippen molar-refractivity contribution >= 4 is 11.6 Å². The van der Waals surface area contributed by atoms with Crippen LogP contribution in [0, 0.1) is 34.5 Å². The molecule has 0 aromatic heterocycles. The minimum atomic E-state index is 0.0973. The van der Waals surface area contributed by atoms with Crippen LogP contribution >= 0.6 is 0 Å². The number of fused-ring (bicyclic) bond motifs is 5. The van der Waals surface area contributed by atoms with Gasteiger partial charge in [-0.05, 0) is 67.3 Å². The van der Waals surface area contributed by atoms with Gasteiger partial charge in [-0.25, -0.2) is 0 Å². The lowest BCUT2D eigenvalue weighted by Crippen LogP contribution is -2.55. The lowest BCUT2D eigenvalue weighted by atomic mass is 9.45. The Morgan fingerprint density at radius 2 is 1.90 bits per heavy atom. The van der Waals surface area contributed by atoms with Crippen molar-refractivity contribution in [3.8, 4) is 0 Å². The van der Waals surface area contributed by atoms with E-state index in [2.05, 4.69) is 19.9 Å². The number of allylic oxidation sites excluding steroid dienone is 2. The summed E-state index contributed by atoms with van der Waals surface area (Å²) in [4.78, 5) is 24.8. The van der Waals surface area contributed by atoms with E-state index in [4.69, 9.17) is 0 Å². The molecule has 1 unspecified atom stereocenters. The fraction of sp³-hybridized carbons (Fsp3) is 0.789. The molecule has 2 heteroatoms. The Bertz CT molecular complexity index is 534. The molecule has 3 fully saturated rings. The Kier molecular flexibility index (Phi) is 2.81. The van der Waals surface area contributed by atoms with Crippen LogP contribution in [-0.4, -0.2) is 11.6 Å². The molecule has 0 radical (unpaired) electrons. The number of Topliss-reactive ketones (excluding diaryl/α,β-unsaturated/α-hetero) is 1. The van der Waals surface area contributed by atoms with E-state index in [1.165, 1.54) is 12.8 Å². The summed E-state index contributed by atoms with van der Waals surface area (Å²) < 4.78 is 0. The van der Waals surface area contributed by atoms with Crippen LogP contribution in [-0.2, 0) is 9.59 Å². The van der Waals surface area contributed by atoms with Gasteiger partial charge < -0.3 is 0 Å². The first-order valence-electron chi connectivity index (χ1n) is 8.71. The molecule has 6 atom stereocenters. The van der Waals surface area contributed by atoms with Gasteiger partial charge in [-0.15, -0.1) is 0 Å². The highest BCUT2D eigenvalue weighted by molar-refractivity contribution is 5.95. The van der Waals surface area contributed by atoms with E-state index < -0.39 is 0 Å². The van der Waals surface area contributed by atoms with Crippen molar-refractivity contribution in [1.29, 1.82) is 0 Å². The Morgan fingerprint density at radius 1 is 1.10 bits per heavy atom. The fourth-order valence-corrected chi connectivity index (χ4v) is 6.50. The minimum Gasteiger partial charge on any atom is -0.299 e. The molecule has 114 valence electrons. The first-order valence-corrected chi connectivity index (χ1v) is 8.71. The number of ketones is 2. The number of carbonyl (C=O) groups excluding carboxylic acids is 2. The Labute approximate surface area is 127 Å². The monoisotopic (exact) mass is 286 g/mol. The zero-order valence-corrected chi connectivity index (χ0v) is 13.2. The zero-order chi connectivity index (χ0) is 14.8. The second kappa shape index (κ2) is 4.30. The van der Waals surface area contributed by atoms with E-state index in [9.17, 15) is 9.59 Å². The zero-order valence-electron chi connectivity index (χ0n) is 13.2. The summed E-state index contributed by atoms with van der Waals surface area (Å²) in [6.45, 7) is 4.64. The van der Waals surface area contributed by atoms with Gasteiger partial charge in [-0.1, -0.05) is 19.9 Å². The van der Waals surface area contributed by atoms with Gasteiger partial charge in [0, 0.05) is 18.3 Å². The van der Waals surface area contributed by atoms with Gasteiger partial charge in [0.1, 0.15) is 5.78 Å². The molecule has 4 aliphatic carbocycles. The largest absolute Gasteiger partial charge is 0.299 e. The molecule has 0 N–H and O–H groups in total. The van der Waals surface area contributed by atoms with Gasteiger partial charge in [-0.3, -0.25) is 9.59 Å². The summed E-state index contributed by atoms with van der Waals surface area (Å²) >= 11 is 0. The smallest absolute Gasteiger partial charge is 0.159 e. The Balaban J connectivity index is 1.71. The lowest BCUT2D eigenvalue weighted by Gasteiger charge is -2.58. The van der Waals surface area contributed by atoms with Crippen LogP contribution in [0.4, 0.5) is 0 Å². The summed E-state index contributed by atoms with van der Waals surface area (Å²) in [6.07, 6.45) is 11.5. The van der Waals surface area contributed by atoms with E-state index in [1.54, 1.807) is 0 Å². The number of hydrogen-bond acceptors (Lipinski definition) is 2. The van der Waals surface area contributed by atoms with Gasteiger partial charge in [0.05, 0.1) is 0 Å². The highest BCUT2D eigenvalue weighted by Gasteiger charge is 2.59. The summed E-state index contributed by atoms with van der Waals surface area (Å²) in [6, 6.07) is 0. The van der Waals surface area contributed by atoms with Crippen LogP contribution in [0.5, 0.6) is 0 Å². The van der Waals surface area contributed by atoms with E-state index in [0.717, 1.165) is 32.1 Å². The van der Waals surface area contributed by atoms with Gasteiger partial charge in [-0.2, -0.15) is 0 Å². The van der Waals surface area contributed by atoms with Crippen LogP contribution in [0.2, 0.25) is 0 Å². The number of hydrogen-bond donors (Lipinski definition) is 0. The van der Waals surface area contributed by atoms with Crippen molar-refractivity contribution in [2.24, 2.45) is 34.5 Å². The average Bonchev–Trinajstić information content (AvgIpc) is 2.74. The van der Waals surface area contributed by atoms with Gasteiger partial charge in [0.2, 0.25) is 0 Å². The topological polar surface area (TPSA) is 34.1 Å². The van der Waals surface area contributed by atoms with E-state index in [-0.39, 0.29) is 22.7 Å². The molecule has 0 heterocycles. The molecule has 2 nitrogen and oxygen atoms in total. The predicted molar refractivity (Wildman–Crippen MR) is 81.6 cm³/mol. The van der Waals surface area contributed by atoms with Crippen LogP contribution < -0.4 is 0 Å². The predicted octanol–water partition coefficient (Wildman–Crippen LogP) is 3.94. The highest BCUT2D eigenvalue weighted by Crippen LogP contribution is 2.63. The molecule has 0 spiro atoms. The van der Waals surface area contributed by atoms with Crippen LogP contribution in [0.1, 0.15) is 58.8 Å². The third kappa shape index (κ3) is 1.71. The maximum Gasteiger partial charge on any atom is 0.159 e. The molecule has 4 aliphatic rings. The first kappa shape index (κ1) is 13.7. The molecule has 0 aromatic rings. The third-order valence-electron chi connectivity index (χ3n) is 7.54. The minimum absolute atomic E-state index is 0.0973. The van der Waals surface area contributed by atoms with Crippen LogP contribution in [0.3, 0.4) is 0 Å². The quantitative estimate of drug-likeness (QED) is 0.676. The van der Waals surface area contributed by atoms with Gasteiger partial charge in [0.25, 0.3) is 0 Å². The van der Waals surface area contributed by atoms with Gasteiger partial charge in [0.15, 0.2) is 5.78 Å². The maximum atomic E-state index is 12.4. The van der Waals surface area contributed by atoms with E-state index >= 15 is 0 Å². The summed E-state index contributed by atoms with van der Waals surface area (Å²) in [5.74, 6) is 2.44. The molecule has 0 saturated heterocycles. The van der Waals surface area contributed by atoms with Crippen molar-refractivity contribution in [3.63, 3.8) is 0 Å². The molecular weight excluding hydrogens is 260 g/mol. The number of rotatable bonds is 0. The van der Waals surface area contributed by atoms with Crippen molar-refractivity contribution in [2.75, 3.05) is 0 Å². The standard InChI is InChI=1S/C19H26O2/c1-18-10-7-13-12(17(18)16(21)8-11-18)5-6-14-15(20)4-3-9-19(13,14)2/h8,11-14,17H,3-7,9-10H2,1-2H3/t12-,13+,14?,17-,18-,19-/m1/s1. The van der Waals surface area contributed by atoms with Crippen molar-refractivity contribution in [1.82, 2.24) is 0 Å². The van der Waals surface area contributed by atoms with Gasteiger partial charge >= 0.3 is 0 Å². The van der Waals surface area contributed by atoms with Crippen molar-refractivity contribution in [3.05, 3.63) is 12.2 Å². The van der Waals surface area contributed by atoms with Crippen molar-refractivity contribution in [2.45, 2.75) is 58.8 Å². The maximum absolute atomic E-state index is 12.4. The van der Waals surface area contributed by atoms with Crippen molar-refractivity contribution < 1.29 is 9.59 Å². The summed E-state index contributed by atoms with van der Waals surface area (Å²) in [5, 5.41) is 0. The fourth-order valence-electron chi connectivity index (χ4n) is 6.50. The van der Waals surface area contributed by atoms with E-state index in [0.29, 0.717) is 23.4 Å². The second-order valence-electron chi connectivity index (χ2n) is 8.48. The molecule has 0 bridgehead atoms. The highest BCUT2D eigenvalue weighted by atomic mass is 16.1. The van der Waals surface area contributed by atoms with Crippen LogP contribution in [0.15, 0.2) is 12.2 Å². The SMILES string of the molecule is C[C@@]12C=CC(=O)[C@H]1[C@@H]1CCC3C(=O)CCC[C@]3(C)[C@H]1CC2. The number of carbonyl (C=O) groups is 2. The Morgan fingerprint density at radius 3 is 2.71 bits per heavy atom.